The first kappa shape index (κ1) is 15.0. The summed E-state index contributed by atoms with van der Waals surface area (Å²) < 4.78 is 23.7. The number of aryl methyl sites for hydroxylation is 1. The number of nitrogens with one attached hydrogen (secondary N) is 1. The van der Waals surface area contributed by atoms with Gasteiger partial charge in [-0.1, -0.05) is 6.42 Å². The molecule has 1 aromatic rings. The fourth-order valence-electron chi connectivity index (χ4n) is 2.21. The second-order valence-electron chi connectivity index (χ2n) is 4.77. The van der Waals surface area contributed by atoms with E-state index in [-0.39, 0.29) is 10.6 Å². The first-order chi connectivity index (χ1) is 9.31. The van der Waals surface area contributed by atoms with Crippen LogP contribution in [0.3, 0.4) is 0 Å². The molecule has 0 radical (unpaired) electrons. The number of sulfone groups is 1. The van der Waals surface area contributed by atoms with Crippen LogP contribution < -0.4 is 5.32 Å². The van der Waals surface area contributed by atoms with Gasteiger partial charge in [0.2, 0.25) is 5.91 Å². The highest BCUT2D eigenvalue weighted by Gasteiger charge is 2.35. The SMILES string of the molecule is Cc1cc(NC(=O)C2CCCCS2(=O)=O)sc1C(=O)O. The van der Waals surface area contributed by atoms with Gasteiger partial charge in [-0.3, -0.25) is 4.79 Å². The number of carboxylic acid groups (broad SMARTS) is 1. The molecular weight excluding hydrogens is 302 g/mol. The van der Waals surface area contributed by atoms with E-state index in [1.807, 2.05) is 0 Å². The van der Waals surface area contributed by atoms with Crippen LogP contribution in [-0.2, 0) is 14.6 Å². The van der Waals surface area contributed by atoms with Crippen molar-refractivity contribution in [2.45, 2.75) is 31.4 Å². The zero-order valence-electron chi connectivity index (χ0n) is 10.9. The third-order valence-corrected chi connectivity index (χ3v) is 6.54. The lowest BCUT2D eigenvalue weighted by molar-refractivity contribution is -0.116. The monoisotopic (exact) mass is 317 g/mol. The highest BCUT2D eigenvalue weighted by molar-refractivity contribution is 7.92. The molecule has 20 heavy (non-hydrogen) atoms. The summed E-state index contributed by atoms with van der Waals surface area (Å²) in [6.07, 6.45) is 1.62. The number of anilines is 1. The normalized spacial score (nSPS) is 21.4. The fourth-order valence-corrected chi connectivity index (χ4v) is 4.92. The van der Waals surface area contributed by atoms with Gasteiger partial charge in [-0.2, -0.15) is 0 Å². The lowest BCUT2D eigenvalue weighted by Crippen LogP contribution is -2.38. The van der Waals surface area contributed by atoms with Crippen molar-refractivity contribution in [3.05, 3.63) is 16.5 Å². The molecule has 1 amide bonds. The molecule has 0 aliphatic carbocycles. The number of aromatic carboxylic acids is 1. The summed E-state index contributed by atoms with van der Waals surface area (Å²) in [5.74, 6) is -1.59. The van der Waals surface area contributed by atoms with Crippen LogP contribution in [0, 0.1) is 6.92 Å². The van der Waals surface area contributed by atoms with E-state index in [9.17, 15) is 18.0 Å². The highest BCUT2D eigenvalue weighted by atomic mass is 32.2. The van der Waals surface area contributed by atoms with Crippen molar-refractivity contribution in [1.29, 1.82) is 0 Å². The first-order valence-electron chi connectivity index (χ1n) is 6.17. The summed E-state index contributed by atoms with van der Waals surface area (Å²) in [6.45, 7) is 1.63. The van der Waals surface area contributed by atoms with Crippen LogP contribution in [-0.4, -0.2) is 36.4 Å². The van der Waals surface area contributed by atoms with E-state index in [1.54, 1.807) is 13.0 Å². The van der Waals surface area contributed by atoms with Crippen LogP contribution in [0.25, 0.3) is 0 Å². The predicted octanol–water partition coefficient (Wildman–Crippen LogP) is 1.66. The second-order valence-corrected chi connectivity index (χ2v) is 8.12. The topological polar surface area (TPSA) is 101 Å². The van der Waals surface area contributed by atoms with Crippen LogP contribution in [0.5, 0.6) is 0 Å². The number of hydrogen-bond acceptors (Lipinski definition) is 5. The van der Waals surface area contributed by atoms with Crippen molar-refractivity contribution in [2.24, 2.45) is 0 Å². The number of rotatable bonds is 3. The Morgan fingerprint density at radius 1 is 1.40 bits per heavy atom. The molecule has 2 rings (SSSR count). The maximum Gasteiger partial charge on any atom is 0.346 e. The Labute approximate surface area is 120 Å². The van der Waals surface area contributed by atoms with Crippen LogP contribution in [0.2, 0.25) is 0 Å². The molecule has 1 aromatic heterocycles. The molecule has 1 aliphatic heterocycles. The van der Waals surface area contributed by atoms with E-state index >= 15 is 0 Å². The van der Waals surface area contributed by atoms with Crippen molar-refractivity contribution in [3.8, 4) is 0 Å². The summed E-state index contributed by atoms with van der Waals surface area (Å²) in [7, 11) is -3.39. The summed E-state index contributed by atoms with van der Waals surface area (Å²) in [4.78, 5) is 23.1. The Morgan fingerprint density at radius 3 is 2.65 bits per heavy atom. The Balaban J connectivity index is 2.15. The molecule has 1 saturated heterocycles. The average molecular weight is 317 g/mol. The Kier molecular flexibility index (Phi) is 4.14. The lowest BCUT2D eigenvalue weighted by Gasteiger charge is -2.20. The fraction of sp³-hybridized carbons (Fsp3) is 0.500. The Hall–Kier alpha value is -1.41. The smallest absolute Gasteiger partial charge is 0.346 e. The van der Waals surface area contributed by atoms with Gasteiger partial charge < -0.3 is 10.4 Å². The van der Waals surface area contributed by atoms with Gasteiger partial charge in [-0.05, 0) is 31.4 Å². The van der Waals surface area contributed by atoms with Gasteiger partial charge >= 0.3 is 5.97 Å². The van der Waals surface area contributed by atoms with E-state index in [4.69, 9.17) is 5.11 Å². The maximum atomic E-state index is 12.0. The molecule has 6 nitrogen and oxygen atoms in total. The van der Waals surface area contributed by atoms with Crippen molar-refractivity contribution >= 4 is 38.1 Å². The molecule has 2 heterocycles. The van der Waals surface area contributed by atoms with Crippen LogP contribution in [0.1, 0.15) is 34.5 Å². The number of carbonyl (C=O) groups is 2. The molecule has 110 valence electrons. The van der Waals surface area contributed by atoms with Crippen LogP contribution in [0.15, 0.2) is 6.07 Å². The molecule has 2 N–H and O–H groups in total. The number of hydrogen-bond donors (Lipinski definition) is 2. The van der Waals surface area contributed by atoms with Crippen molar-refractivity contribution < 1.29 is 23.1 Å². The summed E-state index contributed by atoms with van der Waals surface area (Å²) >= 11 is 0.934. The molecule has 0 spiro atoms. The van der Waals surface area contributed by atoms with E-state index < -0.39 is 27.0 Å². The van der Waals surface area contributed by atoms with Crippen LogP contribution >= 0.6 is 11.3 Å². The molecule has 1 unspecified atom stereocenters. The largest absolute Gasteiger partial charge is 0.477 e. The molecule has 1 atom stereocenters. The van der Waals surface area contributed by atoms with Gasteiger partial charge in [0.25, 0.3) is 0 Å². The minimum absolute atomic E-state index is 0.0366. The molecule has 8 heteroatoms. The van der Waals surface area contributed by atoms with Crippen molar-refractivity contribution in [3.63, 3.8) is 0 Å². The zero-order chi connectivity index (χ0) is 14.9. The number of amides is 1. The van der Waals surface area contributed by atoms with Gasteiger partial charge in [0.05, 0.1) is 10.8 Å². The van der Waals surface area contributed by atoms with Gasteiger partial charge in [0.15, 0.2) is 9.84 Å². The van der Waals surface area contributed by atoms with Gasteiger partial charge in [-0.25, -0.2) is 13.2 Å². The number of thiophene rings is 1. The van der Waals surface area contributed by atoms with Gasteiger partial charge in [-0.15, -0.1) is 11.3 Å². The minimum atomic E-state index is -3.39. The Morgan fingerprint density at radius 2 is 2.10 bits per heavy atom. The zero-order valence-corrected chi connectivity index (χ0v) is 12.5. The third kappa shape index (κ3) is 3.01. The second kappa shape index (κ2) is 5.53. The highest BCUT2D eigenvalue weighted by Crippen LogP contribution is 2.28. The Bertz CT molecular complexity index is 647. The summed E-state index contributed by atoms with van der Waals surface area (Å²) in [5, 5.41) is 10.8. The van der Waals surface area contributed by atoms with E-state index in [0.717, 1.165) is 11.3 Å². The van der Waals surface area contributed by atoms with E-state index in [0.29, 0.717) is 29.8 Å². The van der Waals surface area contributed by atoms with Crippen LogP contribution in [0.4, 0.5) is 5.00 Å². The third-order valence-electron chi connectivity index (χ3n) is 3.23. The number of carbonyl (C=O) groups excluding carboxylic acids is 1. The van der Waals surface area contributed by atoms with Gasteiger partial charge in [0.1, 0.15) is 10.1 Å². The van der Waals surface area contributed by atoms with Crippen molar-refractivity contribution in [1.82, 2.24) is 0 Å². The molecular formula is C12H15NO5S2. The first-order valence-corrected chi connectivity index (χ1v) is 8.70. The average Bonchev–Trinajstić information content (AvgIpc) is 2.69. The molecule has 1 aliphatic rings. The molecule has 0 aromatic carbocycles. The van der Waals surface area contributed by atoms with Gasteiger partial charge in [0, 0.05) is 0 Å². The standard InChI is InChI=1S/C12H15NO5S2/c1-7-6-9(19-10(7)12(15)16)13-11(14)8-4-2-3-5-20(8,17)18/h6,8H,2-5H2,1H3,(H,13,14)(H,15,16). The van der Waals surface area contributed by atoms with E-state index in [2.05, 4.69) is 5.32 Å². The molecule has 1 fully saturated rings. The lowest BCUT2D eigenvalue weighted by atomic mass is 10.2. The summed E-state index contributed by atoms with van der Waals surface area (Å²) in [6, 6.07) is 1.54. The molecule has 0 bridgehead atoms. The summed E-state index contributed by atoms with van der Waals surface area (Å²) in [5.41, 5.74) is 0.546. The predicted molar refractivity (Wildman–Crippen MR) is 76.1 cm³/mol. The quantitative estimate of drug-likeness (QED) is 0.883. The number of carboxylic acids is 1. The minimum Gasteiger partial charge on any atom is -0.477 e. The van der Waals surface area contributed by atoms with Crippen molar-refractivity contribution in [2.75, 3.05) is 11.1 Å². The van der Waals surface area contributed by atoms with E-state index in [1.165, 1.54) is 0 Å². The maximum absolute atomic E-state index is 12.0. The molecule has 0 saturated carbocycles.